The monoisotopic (exact) mass is 411 g/mol. The van der Waals surface area contributed by atoms with E-state index in [4.69, 9.17) is 4.98 Å². The molecule has 134 valence electrons. The van der Waals surface area contributed by atoms with Crippen molar-refractivity contribution in [2.24, 2.45) is 0 Å². The van der Waals surface area contributed by atoms with Crippen LogP contribution in [0, 0.1) is 0 Å². The quantitative estimate of drug-likeness (QED) is 0.602. The molecule has 26 heavy (non-hydrogen) atoms. The normalized spacial score (nSPS) is 10.8. The molecule has 0 saturated heterocycles. The van der Waals surface area contributed by atoms with Crippen LogP contribution in [-0.2, 0) is 24.2 Å². The summed E-state index contributed by atoms with van der Waals surface area (Å²) in [5.74, 6) is 1.02. The first-order chi connectivity index (χ1) is 12.6. The van der Waals surface area contributed by atoms with Gasteiger partial charge >= 0.3 is 0 Å². The maximum atomic E-state index is 12.1. The van der Waals surface area contributed by atoms with Gasteiger partial charge in [-0.05, 0) is 24.1 Å². The zero-order chi connectivity index (χ0) is 18.4. The highest BCUT2D eigenvalue weighted by Gasteiger charge is 2.11. The number of halogens is 1. The van der Waals surface area contributed by atoms with Crippen molar-refractivity contribution in [3.63, 3.8) is 0 Å². The number of aryl methyl sites for hydroxylation is 1. The highest BCUT2D eigenvalue weighted by atomic mass is 79.9. The molecule has 1 heterocycles. The van der Waals surface area contributed by atoms with Gasteiger partial charge in [-0.3, -0.25) is 4.79 Å². The minimum absolute atomic E-state index is 0.0708. The average Bonchev–Trinajstić information content (AvgIpc) is 2.98. The summed E-state index contributed by atoms with van der Waals surface area (Å²) in [6.07, 6.45) is 1.94. The molecule has 0 unspecified atom stereocenters. The number of para-hydroxylation sites is 2. The van der Waals surface area contributed by atoms with E-state index in [0.29, 0.717) is 25.9 Å². The third-order valence-electron chi connectivity index (χ3n) is 4.22. The van der Waals surface area contributed by atoms with Crippen LogP contribution in [0.1, 0.15) is 17.8 Å². The third-order valence-corrected chi connectivity index (χ3v) is 4.47. The molecular weight excluding hydrogens is 390 g/mol. The molecular formula is C21H22BrN3O. The molecule has 0 spiro atoms. The Morgan fingerprint density at radius 1 is 1.08 bits per heavy atom. The summed E-state index contributed by atoms with van der Waals surface area (Å²) < 4.78 is 3.04. The van der Waals surface area contributed by atoms with Gasteiger partial charge in [-0.1, -0.05) is 65.0 Å². The number of hydrogen-bond acceptors (Lipinski definition) is 2. The molecule has 0 aliphatic heterocycles. The summed E-state index contributed by atoms with van der Waals surface area (Å²) >= 11 is 3.44. The molecule has 4 nitrogen and oxygen atoms in total. The number of carbonyl (C=O) groups excluding carboxylic acids is 1. The smallest absolute Gasteiger partial charge is 0.220 e. The second kappa shape index (κ2) is 8.81. The van der Waals surface area contributed by atoms with E-state index in [9.17, 15) is 4.79 Å². The molecule has 3 aromatic rings. The van der Waals surface area contributed by atoms with Gasteiger partial charge in [0, 0.05) is 23.9 Å². The topological polar surface area (TPSA) is 46.9 Å². The third kappa shape index (κ3) is 4.82. The van der Waals surface area contributed by atoms with Crippen LogP contribution in [0.3, 0.4) is 0 Å². The van der Waals surface area contributed by atoms with E-state index in [0.717, 1.165) is 27.8 Å². The van der Waals surface area contributed by atoms with Gasteiger partial charge in [0.2, 0.25) is 5.91 Å². The number of benzene rings is 2. The van der Waals surface area contributed by atoms with Gasteiger partial charge in [-0.2, -0.15) is 0 Å². The van der Waals surface area contributed by atoms with Gasteiger partial charge in [0.15, 0.2) is 0 Å². The Hall–Kier alpha value is -2.40. The fraction of sp³-hybridized carbons (Fsp3) is 0.238. The molecule has 5 heteroatoms. The number of imidazole rings is 1. The van der Waals surface area contributed by atoms with Crippen molar-refractivity contribution in [3.8, 4) is 0 Å². The number of fused-ring (bicyclic) bond motifs is 1. The van der Waals surface area contributed by atoms with Crippen molar-refractivity contribution < 1.29 is 4.79 Å². The lowest BCUT2D eigenvalue weighted by Crippen LogP contribution is -2.26. The lowest BCUT2D eigenvalue weighted by atomic mass is 10.1. The standard InChI is InChI=1S/C21H22BrN3O/c1-16(22)15-25-19-10-6-5-9-18(19)24-20(25)13-14-23-21(26)12-11-17-7-3-2-4-8-17/h2-10H,1,11-15H2,(H,23,26). The van der Waals surface area contributed by atoms with Gasteiger partial charge in [0.25, 0.3) is 0 Å². The van der Waals surface area contributed by atoms with Gasteiger partial charge in [-0.15, -0.1) is 0 Å². The minimum atomic E-state index is 0.0708. The SMILES string of the molecule is C=C(Br)Cn1c(CCNC(=O)CCc2ccccc2)nc2ccccc21. The highest BCUT2D eigenvalue weighted by Crippen LogP contribution is 2.19. The van der Waals surface area contributed by atoms with Crippen LogP contribution in [0.5, 0.6) is 0 Å². The highest BCUT2D eigenvalue weighted by molar-refractivity contribution is 9.11. The van der Waals surface area contributed by atoms with E-state index in [2.05, 4.69) is 38.5 Å². The molecule has 0 aliphatic carbocycles. The zero-order valence-corrected chi connectivity index (χ0v) is 16.2. The molecule has 1 amide bonds. The number of rotatable bonds is 8. The van der Waals surface area contributed by atoms with E-state index in [1.165, 1.54) is 5.56 Å². The number of allylic oxidation sites excluding steroid dienone is 1. The summed E-state index contributed by atoms with van der Waals surface area (Å²) in [6.45, 7) is 5.18. The van der Waals surface area contributed by atoms with E-state index in [1.54, 1.807) is 0 Å². The first-order valence-electron chi connectivity index (χ1n) is 8.71. The number of carbonyl (C=O) groups is 1. The van der Waals surface area contributed by atoms with Gasteiger partial charge in [-0.25, -0.2) is 4.98 Å². The molecule has 0 atom stereocenters. The van der Waals surface area contributed by atoms with Crippen molar-refractivity contribution in [2.45, 2.75) is 25.8 Å². The van der Waals surface area contributed by atoms with Gasteiger partial charge in [0.1, 0.15) is 5.82 Å². The molecule has 2 aromatic carbocycles. The lowest BCUT2D eigenvalue weighted by Gasteiger charge is -2.09. The van der Waals surface area contributed by atoms with Crippen molar-refractivity contribution in [2.75, 3.05) is 6.54 Å². The summed E-state index contributed by atoms with van der Waals surface area (Å²) in [4.78, 5) is 16.8. The van der Waals surface area contributed by atoms with Crippen LogP contribution in [0.4, 0.5) is 0 Å². The van der Waals surface area contributed by atoms with Gasteiger partial charge < -0.3 is 9.88 Å². The first-order valence-corrected chi connectivity index (χ1v) is 9.51. The molecule has 0 bridgehead atoms. The molecule has 0 fully saturated rings. The van der Waals surface area contributed by atoms with Crippen LogP contribution in [0.25, 0.3) is 11.0 Å². The molecule has 0 aliphatic rings. The van der Waals surface area contributed by atoms with Crippen molar-refractivity contribution in [1.82, 2.24) is 14.9 Å². The Bertz CT molecular complexity index is 902. The fourth-order valence-electron chi connectivity index (χ4n) is 2.97. The van der Waals surface area contributed by atoms with Crippen molar-refractivity contribution in [1.29, 1.82) is 0 Å². The summed E-state index contributed by atoms with van der Waals surface area (Å²) in [6, 6.07) is 18.1. The fourth-order valence-corrected chi connectivity index (χ4v) is 3.22. The molecule has 3 rings (SSSR count). The summed E-state index contributed by atoms with van der Waals surface area (Å²) in [7, 11) is 0. The Morgan fingerprint density at radius 3 is 2.58 bits per heavy atom. The van der Waals surface area contributed by atoms with Gasteiger partial charge in [0.05, 0.1) is 17.6 Å². The number of aromatic nitrogens is 2. The second-order valence-corrected chi connectivity index (χ2v) is 7.33. The Labute approximate surface area is 162 Å². The van der Waals surface area contributed by atoms with Crippen LogP contribution < -0.4 is 5.32 Å². The zero-order valence-electron chi connectivity index (χ0n) is 14.6. The first kappa shape index (κ1) is 18.4. The van der Waals surface area contributed by atoms with Crippen molar-refractivity contribution in [3.05, 3.63) is 77.0 Å². The van der Waals surface area contributed by atoms with Crippen LogP contribution in [0.15, 0.2) is 65.7 Å². The Kier molecular flexibility index (Phi) is 6.23. The number of hydrogen-bond donors (Lipinski definition) is 1. The number of amides is 1. The molecule has 1 N–H and O–H groups in total. The van der Waals surface area contributed by atoms with Crippen molar-refractivity contribution >= 4 is 32.9 Å². The van der Waals surface area contributed by atoms with E-state index in [1.807, 2.05) is 48.5 Å². The van der Waals surface area contributed by atoms with Crippen LogP contribution in [0.2, 0.25) is 0 Å². The maximum absolute atomic E-state index is 12.1. The predicted molar refractivity (Wildman–Crippen MR) is 109 cm³/mol. The molecule has 1 aromatic heterocycles. The molecule has 0 saturated carbocycles. The second-order valence-electron chi connectivity index (χ2n) is 6.21. The molecule has 0 radical (unpaired) electrons. The Morgan fingerprint density at radius 2 is 1.81 bits per heavy atom. The van der Waals surface area contributed by atoms with E-state index >= 15 is 0 Å². The largest absolute Gasteiger partial charge is 0.356 e. The Balaban J connectivity index is 1.57. The lowest BCUT2D eigenvalue weighted by molar-refractivity contribution is -0.121. The van der Waals surface area contributed by atoms with E-state index in [-0.39, 0.29) is 5.91 Å². The minimum Gasteiger partial charge on any atom is -0.356 e. The summed E-state index contributed by atoms with van der Waals surface area (Å²) in [5, 5.41) is 3.00. The number of nitrogens with one attached hydrogen (secondary N) is 1. The van der Waals surface area contributed by atoms with Crippen LogP contribution >= 0.6 is 15.9 Å². The van der Waals surface area contributed by atoms with Crippen LogP contribution in [-0.4, -0.2) is 22.0 Å². The summed E-state index contributed by atoms with van der Waals surface area (Å²) in [5.41, 5.74) is 3.23. The van der Waals surface area contributed by atoms with E-state index < -0.39 is 0 Å². The number of nitrogens with zero attached hydrogens (tertiary/aromatic N) is 2. The predicted octanol–water partition coefficient (Wildman–Crippen LogP) is 4.24. The maximum Gasteiger partial charge on any atom is 0.220 e. The average molecular weight is 412 g/mol.